The molecule has 2 atom stereocenters. The van der Waals surface area contributed by atoms with Crippen LogP contribution in [0.1, 0.15) is 45.4 Å². The second kappa shape index (κ2) is 7.13. The molecular weight excluding hydrogens is 240 g/mol. The smallest absolute Gasteiger partial charge is 0.407 e. The van der Waals surface area contributed by atoms with Crippen LogP contribution >= 0.6 is 0 Å². The maximum atomic E-state index is 11.4. The first-order chi connectivity index (χ1) is 9.21. The van der Waals surface area contributed by atoms with Crippen molar-refractivity contribution in [2.45, 2.75) is 51.5 Å². The van der Waals surface area contributed by atoms with Crippen LogP contribution in [0.5, 0.6) is 0 Å². The summed E-state index contributed by atoms with van der Waals surface area (Å²) in [7, 11) is 1.44. The molecule has 2 rings (SSSR count). The summed E-state index contributed by atoms with van der Waals surface area (Å²) in [5.41, 5.74) is 0. The lowest BCUT2D eigenvalue weighted by Gasteiger charge is -2.38. The number of nitrogens with zero attached hydrogens (tertiary/aromatic N) is 1. The molecule has 1 N–H and O–H groups in total. The predicted molar refractivity (Wildman–Crippen MR) is 76.1 cm³/mol. The van der Waals surface area contributed by atoms with Gasteiger partial charge in [0.2, 0.25) is 0 Å². The van der Waals surface area contributed by atoms with Crippen molar-refractivity contribution in [3.05, 3.63) is 0 Å². The Hall–Kier alpha value is -0.770. The minimum Gasteiger partial charge on any atom is -0.453 e. The van der Waals surface area contributed by atoms with Crippen LogP contribution in [0.4, 0.5) is 4.79 Å². The molecular formula is C15H28N2O2. The predicted octanol–water partition coefficient (Wildman–Crippen LogP) is 2.63. The van der Waals surface area contributed by atoms with E-state index in [4.69, 9.17) is 4.74 Å². The molecule has 1 saturated heterocycles. The van der Waals surface area contributed by atoms with Gasteiger partial charge in [0.05, 0.1) is 7.11 Å². The molecule has 0 aromatic heterocycles. The van der Waals surface area contributed by atoms with Gasteiger partial charge >= 0.3 is 6.09 Å². The first kappa shape index (κ1) is 14.6. The lowest BCUT2D eigenvalue weighted by atomic mass is 9.89. The molecule has 1 amide bonds. The van der Waals surface area contributed by atoms with Crippen molar-refractivity contribution in [1.29, 1.82) is 0 Å². The topological polar surface area (TPSA) is 41.6 Å². The summed E-state index contributed by atoms with van der Waals surface area (Å²) in [5, 5.41) is 3.00. The average molecular weight is 268 g/mol. The zero-order chi connectivity index (χ0) is 13.7. The van der Waals surface area contributed by atoms with Gasteiger partial charge < -0.3 is 15.0 Å². The van der Waals surface area contributed by atoms with Crippen LogP contribution in [0.15, 0.2) is 0 Å². The number of carbonyl (C=O) groups excluding carboxylic acids is 1. The number of methoxy groups -OCH3 is 1. The van der Waals surface area contributed by atoms with Crippen LogP contribution in [-0.4, -0.2) is 43.8 Å². The number of rotatable bonds is 6. The Morgan fingerprint density at radius 3 is 2.74 bits per heavy atom. The molecule has 4 heteroatoms. The molecule has 2 fully saturated rings. The van der Waals surface area contributed by atoms with E-state index in [0.29, 0.717) is 0 Å². The Morgan fingerprint density at radius 2 is 2.11 bits per heavy atom. The van der Waals surface area contributed by atoms with Crippen LogP contribution in [0.25, 0.3) is 0 Å². The normalized spacial score (nSPS) is 28.1. The maximum Gasteiger partial charge on any atom is 0.407 e. The van der Waals surface area contributed by atoms with E-state index in [2.05, 4.69) is 17.1 Å². The molecule has 19 heavy (non-hydrogen) atoms. The van der Waals surface area contributed by atoms with Crippen LogP contribution in [-0.2, 0) is 4.74 Å². The Morgan fingerprint density at radius 1 is 1.32 bits per heavy atom. The lowest BCUT2D eigenvalue weighted by Crippen LogP contribution is -2.51. The maximum absolute atomic E-state index is 11.4. The highest BCUT2D eigenvalue weighted by Gasteiger charge is 2.32. The monoisotopic (exact) mass is 268 g/mol. The van der Waals surface area contributed by atoms with Gasteiger partial charge in [-0.1, -0.05) is 26.2 Å². The van der Waals surface area contributed by atoms with E-state index >= 15 is 0 Å². The number of hydrogen-bond donors (Lipinski definition) is 1. The molecule has 2 aliphatic rings. The highest BCUT2D eigenvalue weighted by Crippen LogP contribution is 2.37. The number of nitrogens with one attached hydrogen (secondary N) is 1. The molecule has 2 unspecified atom stereocenters. The van der Waals surface area contributed by atoms with Crippen LogP contribution in [0.2, 0.25) is 0 Å². The van der Waals surface area contributed by atoms with Crippen molar-refractivity contribution in [3.63, 3.8) is 0 Å². The molecule has 0 spiro atoms. The molecule has 0 aromatic rings. The van der Waals surface area contributed by atoms with Gasteiger partial charge in [0.15, 0.2) is 0 Å². The number of carbonyl (C=O) groups is 1. The van der Waals surface area contributed by atoms with E-state index in [-0.39, 0.29) is 12.1 Å². The number of amides is 1. The fraction of sp³-hybridized carbons (Fsp3) is 0.933. The molecule has 0 radical (unpaired) electrons. The van der Waals surface area contributed by atoms with Gasteiger partial charge in [-0.3, -0.25) is 0 Å². The number of ether oxygens (including phenoxy) is 1. The Bertz CT molecular complexity index is 292. The quantitative estimate of drug-likeness (QED) is 0.805. The Balaban J connectivity index is 1.84. The molecule has 1 heterocycles. The Labute approximate surface area is 116 Å². The third-order valence-corrected chi connectivity index (χ3v) is 4.31. The number of hydrogen-bond acceptors (Lipinski definition) is 3. The summed E-state index contributed by atoms with van der Waals surface area (Å²) in [6.45, 7) is 5.60. The fourth-order valence-corrected chi connectivity index (χ4v) is 3.19. The average Bonchev–Trinajstić information content (AvgIpc) is 3.20. The second-order valence-corrected chi connectivity index (χ2v) is 6.23. The first-order valence-electron chi connectivity index (χ1n) is 7.78. The van der Waals surface area contributed by atoms with Gasteiger partial charge in [0.25, 0.3) is 0 Å². The van der Waals surface area contributed by atoms with Gasteiger partial charge in [0, 0.05) is 19.1 Å². The van der Waals surface area contributed by atoms with Crippen molar-refractivity contribution >= 4 is 6.09 Å². The van der Waals surface area contributed by atoms with E-state index in [0.717, 1.165) is 31.3 Å². The third kappa shape index (κ3) is 5.01. The third-order valence-electron chi connectivity index (χ3n) is 4.31. The summed E-state index contributed by atoms with van der Waals surface area (Å²) < 4.78 is 4.73. The minimum atomic E-state index is -0.285. The number of likely N-dealkylation sites (tertiary alicyclic amines) is 1. The zero-order valence-corrected chi connectivity index (χ0v) is 12.4. The summed E-state index contributed by atoms with van der Waals surface area (Å²) in [6.07, 6.45) is 7.50. The number of piperidine rings is 1. The van der Waals surface area contributed by atoms with Gasteiger partial charge in [-0.2, -0.15) is 0 Å². The van der Waals surface area contributed by atoms with E-state index in [1.54, 1.807) is 0 Å². The first-order valence-corrected chi connectivity index (χ1v) is 7.78. The summed E-state index contributed by atoms with van der Waals surface area (Å²) in [4.78, 5) is 13.9. The summed E-state index contributed by atoms with van der Waals surface area (Å²) in [6, 6.07) is 0.266. The van der Waals surface area contributed by atoms with Crippen molar-refractivity contribution in [2.75, 3.05) is 26.7 Å². The molecule has 0 aromatic carbocycles. The molecule has 0 bridgehead atoms. The SMILES string of the molecule is CCCCN1CC(CC2CC2)CC(NC(=O)OC)C1. The van der Waals surface area contributed by atoms with Crippen molar-refractivity contribution < 1.29 is 9.53 Å². The summed E-state index contributed by atoms with van der Waals surface area (Å²) in [5.74, 6) is 1.72. The molecule has 1 aliphatic heterocycles. The van der Waals surface area contributed by atoms with Crippen molar-refractivity contribution in [1.82, 2.24) is 10.2 Å². The van der Waals surface area contributed by atoms with Crippen LogP contribution < -0.4 is 5.32 Å². The van der Waals surface area contributed by atoms with E-state index in [9.17, 15) is 4.79 Å². The van der Waals surface area contributed by atoms with Crippen molar-refractivity contribution in [3.8, 4) is 0 Å². The number of unbranched alkanes of at least 4 members (excludes halogenated alkanes) is 1. The standard InChI is InChI=1S/C15H28N2O2/c1-3-4-7-17-10-13(8-12-5-6-12)9-14(11-17)16-15(18)19-2/h12-14H,3-11H2,1-2H3,(H,16,18). The van der Waals surface area contributed by atoms with E-state index in [1.165, 1.54) is 45.8 Å². The van der Waals surface area contributed by atoms with Gasteiger partial charge in [-0.15, -0.1) is 0 Å². The van der Waals surface area contributed by atoms with Crippen LogP contribution in [0, 0.1) is 11.8 Å². The van der Waals surface area contributed by atoms with E-state index in [1.807, 2.05) is 0 Å². The van der Waals surface area contributed by atoms with Crippen molar-refractivity contribution in [2.24, 2.45) is 11.8 Å². The van der Waals surface area contributed by atoms with E-state index < -0.39 is 0 Å². The second-order valence-electron chi connectivity index (χ2n) is 6.23. The molecule has 110 valence electrons. The molecule has 1 aliphatic carbocycles. The van der Waals surface area contributed by atoms with Gasteiger partial charge in [-0.25, -0.2) is 4.79 Å². The number of alkyl carbamates (subject to hydrolysis) is 1. The fourth-order valence-electron chi connectivity index (χ4n) is 3.19. The highest BCUT2D eigenvalue weighted by atomic mass is 16.5. The zero-order valence-electron chi connectivity index (χ0n) is 12.4. The molecule has 1 saturated carbocycles. The van der Waals surface area contributed by atoms with Crippen LogP contribution in [0.3, 0.4) is 0 Å². The molecule has 4 nitrogen and oxygen atoms in total. The Kier molecular flexibility index (Phi) is 5.49. The lowest BCUT2D eigenvalue weighted by molar-refractivity contribution is 0.118. The minimum absolute atomic E-state index is 0.266. The highest BCUT2D eigenvalue weighted by molar-refractivity contribution is 5.67. The van der Waals surface area contributed by atoms with Gasteiger partial charge in [0.1, 0.15) is 0 Å². The van der Waals surface area contributed by atoms with Gasteiger partial charge in [-0.05, 0) is 37.6 Å². The summed E-state index contributed by atoms with van der Waals surface area (Å²) >= 11 is 0. The largest absolute Gasteiger partial charge is 0.453 e.